The second-order valence-corrected chi connectivity index (χ2v) is 4.74. The molecule has 2 N–H and O–H groups in total. The Morgan fingerprint density at radius 2 is 2.00 bits per heavy atom. The summed E-state index contributed by atoms with van der Waals surface area (Å²) >= 11 is 0. The number of aryl methyl sites for hydroxylation is 2. The number of nitrogens with two attached hydrogens (primary N) is 1. The van der Waals surface area contributed by atoms with E-state index in [0.717, 1.165) is 48.5 Å². The first-order valence-corrected chi connectivity index (χ1v) is 6.81. The molecule has 0 radical (unpaired) electrons. The summed E-state index contributed by atoms with van der Waals surface area (Å²) in [4.78, 5) is 8.95. The van der Waals surface area contributed by atoms with Gasteiger partial charge in [-0.1, -0.05) is 13.8 Å². The Hall–Kier alpha value is -1.91. The Kier molecular flexibility index (Phi) is 4.14. The van der Waals surface area contributed by atoms with Gasteiger partial charge in [0.15, 0.2) is 0 Å². The molecular formula is C14H21N5. The van der Waals surface area contributed by atoms with Gasteiger partial charge in [-0.15, -0.1) is 0 Å². The van der Waals surface area contributed by atoms with Gasteiger partial charge in [0, 0.05) is 30.3 Å². The van der Waals surface area contributed by atoms with E-state index in [-0.39, 0.29) is 0 Å². The molecule has 0 amide bonds. The fraction of sp³-hybridized carbons (Fsp3) is 0.500. The number of nitrogen functional groups attached to an aromatic ring is 1. The maximum Gasteiger partial charge on any atom is 0.131 e. The molecule has 0 aromatic carbocycles. The monoisotopic (exact) mass is 259 g/mol. The lowest BCUT2D eigenvalue weighted by Gasteiger charge is -2.08. The van der Waals surface area contributed by atoms with Crippen molar-refractivity contribution in [3.05, 3.63) is 23.8 Å². The van der Waals surface area contributed by atoms with Gasteiger partial charge in [0.25, 0.3) is 0 Å². The highest BCUT2D eigenvalue weighted by molar-refractivity contribution is 5.65. The van der Waals surface area contributed by atoms with Gasteiger partial charge in [-0.25, -0.2) is 9.97 Å². The van der Waals surface area contributed by atoms with E-state index in [9.17, 15) is 0 Å². The van der Waals surface area contributed by atoms with Crippen LogP contribution in [0.15, 0.2) is 12.4 Å². The van der Waals surface area contributed by atoms with Crippen molar-refractivity contribution in [2.75, 3.05) is 5.73 Å². The molecule has 0 aliphatic rings. The van der Waals surface area contributed by atoms with Crippen molar-refractivity contribution in [1.82, 2.24) is 19.7 Å². The minimum absolute atomic E-state index is 0.566. The molecule has 102 valence electrons. The highest BCUT2D eigenvalue weighted by Crippen LogP contribution is 2.24. The first-order chi connectivity index (χ1) is 9.15. The normalized spacial score (nSPS) is 10.9. The summed E-state index contributed by atoms with van der Waals surface area (Å²) in [6.07, 6.45) is 6.79. The lowest BCUT2D eigenvalue weighted by molar-refractivity contribution is 0.603. The van der Waals surface area contributed by atoms with E-state index in [1.165, 1.54) is 0 Å². The Bertz CT molecular complexity index is 559. The van der Waals surface area contributed by atoms with Crippen molar-refractivity contribution in [3.63, 3.8) is 0 Å². The average Bonchev–Trinajstić information content (AvgIpc) is 2.83. The molecule has 2 rings (SSSR count). The van der Waals surface area contributed by atoms with Gasteiger partial charge < -0.3 is 5.73 Å². The van der Waals surface area contributed by atoms with Gasteiger partial charge in [0.1, 0.15) is 11.6 Å². The third-order valence-corrected chi connectivity index (χ3v) is 3.06. The number of anilines is 1. The second-order valence-electron chi connectivity index (χ2n) is 4.74. The van der Waals surface area contributed by atoms with E-state index in [1.807, 2.05) is 24.0 Å². The fourth-order valence-electron chi connectivity index (χ4n) is 2.04. The number of hydrogen-bond donors (Lipinski definition) is 1. The van der Waals surface area contributed by atoms with Crippen LogP contribution in [0.3, 0.4) is 0 Å². The number of nitrogens with zero attached hydrogens (tertiary/aromatic N) is 4. The summed E-state index contributed by atoms with van der Waals surface area (Å²) in [7, 11) is 0. The lowest BCUT2D eigenvalue weighted by Crippen LogP contribution is -2.04. The van der Waals surface area contributed by atoms with Gasteiger partial charge in [0.05, 0.1) is 11.9 Å². The quantitative estimate of drug-likeness (QED) is 0.896. The van der Waals surface area contributed by atoms with E-state index >= 15 is 0 Å². The maximum atomic E-state index is 5.98. The van der Waals surface area contributed by atoms with Gasteiger partial charge in [-0.05, 0) is 19.8 Å². The molecule has 5 nitrogen and oxygen atoms in total. The van der Waals surface area contributed by atoms with Crippen LogP contribution in [0.25, 0.3) is 11.3 Å². The number of rotatable bonds is 5. The molecular weight excluding hydrogens is 238 g/mol. The summed E-state index contributed by atoms with van der Waals surface area (Å²) in [5, 5.41) is 4.34. The lowest BCUT2D eigenvalue weighted by atomic mass is 10.1. The smallest absolute Gasteiger partial charge is 0.131 e. The standard InChI is InChI=1S/C14H21N5/c1-4-6-12-17-13(10(3)14(15)18-12)11-8-16-19(9-11)7-5-2/h8-9H,4-7H2,1-3H3,(H2,15,17,18). The summed E-state index contributed by atoms with van der Waals surface area (Å²) in [6, 6.07) is 0. The van der Waals surface area contributed by atoms with Crippen molar-refractivity contribution in [2.45, 2.75) is 46.6 Å². The maximum absolute atomic E-state index is 5.98. The molecule has 2 aromatic rings. The Morgan fingerprint density at radius 1 is 1.21 bits per heavy atom. The van der Waals surface area contributed by atoms with Gasteiger partial charge in [-0.2, -0.15) is 5.10 Å². The SMILES string of the molecule is CCCc1nc(N)c(C)c(-c2cnn(CCC)c2)n1. The summed E-state index contributed by atoms with van der Waals surface area (Å²) in [5.74, 6) is 1.38. The van der Waals surface area contributed by atoms with Gasteiger partial charge in [-0.3, -0.25) is 4.68 Å². The van der Waals surface area contributed by atoms with Crippen LogP contribution in [0.1, 0.15) is 38.1 Å². The molecule has 0 spiro atoms. The van der Waals surface area contributed by atoms with Crippen molar-refractivity contribution >= 4 is 5.82 Å². The van der Waals surface area contributed by atoms with Crippen LogP contribution < -0.4 is 5.73 Å². The van der Waals surface area contributed by atoms with Crippen molar-refractivity contribution in [1.29, 1.82) is 0 Å². The molecule has 0 bridgehead atoms. The van der Waals surface area contributed by atoms with E-state index in [0.29, 0.717) is 5.82 Å². The van der Waals surface area contributed by atoms with Crippen molar-refractivity contribution in [3.8, 4) is 11.3 Å². The molecule has 0 fully saturated rings. The first-order valence-electron chi connectivity index (χ1n) is 6.81. The van der Waals surface area contributed by atoms with Gasteiger partial charge in [0.2, 0.25) is 0 Å². The largest absolute Gasteiger partial charge is 0.383 e. The molecule has 2 aromatic heterocycles. The molecule has 0 aliphatic carbocycles. The van der Waals surface area contributed by atoms with Gasteiger partial charge >= 0.3 is 0 Å². The molecule has 0 aliphatic heterocycles. The zero-order chi connectivity index (χ0) is 13.8. The second kappa shape index (κ2) is 5.82. The van der Waals surface area contributed by atoms with Crippen molar-refractivity contribution < 1.29 is 0 Å². The van der Waals surface area contributed by atoms with Crippen LogP contribution >= 0.6 is 0 Å². The summed E-state index contributed by atoms with van der Waals surface area (Å²) in [6.45, 7) is 7.12. The highest BCUT2D eigenvalue weighted by Gasteiger charge is 2.12. The van der Waals surface area contributed by atoms with Crippen LogP contribution in [-0.2, 0) is 13.0 Å². The molecule has 5 heteroatoms. The average molecular weight is 259 g/mol. The number of hydrogen-bond acceptors (Lipinski definition) is 4. The van der Waals surface area contributed by atoms with E-state index in [4.69, 9.17) is 5.73 Å². The minimum atomic E-state index is 0.566. The third kappa shape index (κ3) is 2.92. The molecule has 0 atom stereocenters. The molecule has 0 unspecified atom stereocenters. The summed E-state index contributed by atoms with van der Waals surface area (Å²) < 4.78 is 1.94. The summed E-state index contributed by atoms with van der Waals surface area (Å²) in [5.41, 5.74) is 8.82. The van der Waals surface area contributed by atoms with Crippen LogP contribution in [-0.4, -0.2) is 19.7 Å². The zero-order valence-corrected chi connectivity index (χ0v) is 11.8. The van der Waals surface area contributed by atoms with Crippen LogP contribution in [0.4, 0.5) is 5.82 Å². The minimum Gasteiger partial charge on any atom is -0.383 e. The van der Waals surface area contributed by atoms with E-state index in [1.54, 1.807) is 0 Å². The van der Waals surface area contributed by atoms with E-state index < -0.39 is 0 Å². The Labute approximate surface area is 113 Å². The Balaban J connectivity index is 2.41. The predicted molar refractivity (Wildman–Crippen MR) is 76.7 cm³/mol. The topological polar surface area (TPSA) is 69.6 Å². The Morgan fingerprint density at radius 3 is 2.68 bits per heavy atom. The zero-order valence-electron chi connectivity index (χ0n) is 11.8. The van der Waals surface area contributed by atoms with Crippen LogP contribution in [0.2, 0.25) is 0 Å². The first kappa shape index (κ1) is 13.5. The third-order valence-electron chi connectivity index (χ3n) is 3.06. The molecule has 0 saturated carbocycles. The molecule has 0 saturated heterocycles. The molecule has 2 heterocycles. The molecule has 19 heavy (non-hydrogen) atoms. The highest BCUT2D eigenvalue weighted by atomic mass is 15.3. The van der Waals surface area contributed by atoms with E-state index in [2.05, 4.69) is 28.9 Å². The van der Waals surface area contributed by atoms with Crippen LogP contribution in [0.5, 0.6) is 0 Å². The fourth-order valence-corrected chi connectivity index (χ4v) is 2.04. The number of aromatic nitrogens is 4. The van der Waals surface area contributed by atoms with Crippen LogP contribution in [0, 0.1) is 6.92 Å². The predicted octanol–water partition coefficient (Wildman–Crippen LogP) is 2.59. The van der Waals surface area contributed by atoms with Crippen molar-refractivity contribution in [2.24, 2.45) is 0 Å².